The summed E-state index contributed by atoms with van der Waals surface area (Å²) in [6.07, 6.45) is 1.42. The summed E-state index contributed by atoms with van der Waals surface area (Å²) in [6.45, 7) is -0.133. The van der Waals surface area contributed by atoms with E-state index in [0.717, 1.165) is 0 Å². The van der Waals surface area contributed by atoms with Gasteiger partial charge in [-0.25, -0.2) is 4.39 Å². The Morgan fingerprint density at radius 1 is 1.56 bits per heavy atom. The fourth-order valence-corrected chi connectivity index (χ4v) is 1.75. The van der Waals surface area contributed by atoms with Crippen molar-refractivity contribution in [3.05, 3.63) is 30.1 Å². The Hall–Kier alpha value is -1.42. The van der Waals surface area contributed by atoms with Crippen LogP contribution in [-0.4, -0.2) is 24.7 Å². The van der Waals surface area contributed by atoms with Gasteiger partial charge in [0, 0.05) is 12.7 Å². The lowest BCUT2D eigenvalue weighted by Crippen LogP contribution is -2.36. The zero-order valence-corrected chi connectivity index (χ0v) is 9.11. The second kappa shape index (κ2) is 3.87. The quantitative estimate of drug-likeness (QED) is 0.844. The highest BCUT2D eigenvalue weighted by Crippen LogP contribution is 2.46. The van der Waals surface area contributed by atoms with Crippen LogP contribution in [0.25, 0.3) is 0 Å². The maximum atomic E-state index is 13.0. The van der Waals surface area contributed by atoms with Crippen LogP contribution in [0, 0.1) is 11.2 Å². The van der Waals surface area contributed by atoms with Crippen LogP contribution < -0.4 is 4.90 Å². The highest BCUT2D eigenvalue weighted by atomic mass is 19.1. The lowest BCUT2D eigenvalue weighted by molar-refractivity contribution is -0.124. The van der Waals surface area contributed by atoms with Gasteiger partial charge in [0.25, 0.3) is 0 Å². The van der Waals surface area contributed by atoms with E-state index in [1.807, 2.05) is 0 Å². The molecule has 0 aliphatic heterocycles. The molecule has 1 N–H and O–H groups in total. The van der Waals surface area contributed by atoms with Gasteiger partial charge in [-0.1, -0.05) is 6.07 Å². The number of anilines is 1. The summed E-state index contributed by atoms with van der Waals surface area (Å²) in [4.78, 5) is 13.4. The first-order valence-electron chi connectivity index (χ1n) is 5.24. The van der Waals surface area contributed by atoms with Crippen molar-refractivity contribution < 1.29 is 14.3 Å². The molecule has 2 rings (SSSR count). The van der Waals surface area contributed by atoms with Gasteiger partial charge in [0.05, 0.1) is 12.0 Å². The highest BCUT2D eigenvalue weighted by molar-refractivity contribution is 5.98. The summed E-state index contributed by atoms with van der Waals surface area (Å²) >= 11 is 0. The molecule has 1 aromatic carbocycles. The number of benzene rings is 1. The first-order valence-corrected chi connectivity index (χ1v) is 5.24. The zero-order chi connectivity index (χ0) is 11.8. The zero-order valence-electron chi connectivity index (χ0n) is 9.11. The monoisotopic (exact) mass is 223 g/mol. The van der Waals surface area contributed by atoms with Gasteiger partial charge in [-0.15, -0.1) is 0 Å². The SMILES string of the molecule is CN(C(=O)C1(CO)CC1)c1cccc(F)c1. The summed E-state index contributed by atoms with van der Waals surface area (Å²) in [6, 6.07) is 5.88. The van der Waals surface area contributed by atoms with E-state index in [9.17, 15) is 9.18 Å². The van der Waals surface area contributed by atoms with Gasteiger partial charge in [0.1, 0.15) is 5.82 Å². The van der Waals surface area contributed by atoms with Gasteiger partial charge in [0.2, 0.25) is 5.91 Å². The van der Waals surface area contributed by atoms with E-state index in [4.69, 9.17) is 5.11 Å². The number of hydrogen-bond donors (Lipinski definition) is 1. The Morgan fingerprint density at radius 2 is 2.25 bits per heavy atom. The van der Waals surface area contributed by atoms with Crippen molar-refractivity contribution in [2.75, 3.05) is 18.6 Å². The molecule has 1 aliphatic carbocycles. The van der Waals surface area contributed by atoms with E-state index in [0.29, 0.717) is 18.5 Å². The van der Waals surface area contributed by atoms with E-state index in [2.05, 4.69) is 0 Å². The first kappa shape index (κ1) is 11.1. The van der Waals surface area contributed by atoms with Gasteiger partial charge in [-0.3, -0.25) is 4.79 Å². The number of nitrogens with zero attached hydrogens (tertiary/aromatic N) is 1. The minimum absolute atomic E-state index is 0.133. The molecule has 0 heterocycles. The van der Waals surface area contributed by atoms with Crippen LogP contribution in [0.15, 0.2) is 24.3 Å². The fourth-order valence-electron chi connectivity index (χ4n) is 1.75. The molecule has 1 amide bonds. The van der Waals surface area contributed by atoms with Crippen LogP contribution >= 0.6 is 0 Å². The lowest BCUT2D eigenvalue weighted by atomic mass is 10.1. The molecule has 0 bridgehead atoms. The van der Waals surface area contributed by atoms with E-state index >= 15 is 0 Å². The van der Waals surface area contributed by atoms with Crippen molar-refractivity contribution in [2.24, 2.45) is 5.41 Å². The van der Waals surface area contributed by atoms with E-state index in [-0.39, 0.29) is 18.3 Å². The predicted octanol–water partition coefficient (Wildman–Crippen LogP) is 1.56. The summed E-state index contributed by atoms with van der Waals surface area (Å²) in [7, 11) is 1.60. The van der Waals surface area contributed by atoms with Crippen molar-refractivity contribution in [2.45, 2.75) is 12.8 Å². The second-order valence-corrected chi connectivity index (χ2v) is 4.28. The van der Waals surface area contributed by atoms with Crippen LogP contribution in [-0.2, 0) is 4.79 Å². The summed E-state index contributed by atoms with van der Waals surface area (Å²) in [5, 5.41) is 9.16. The molecule has 16 heavy (non-hydrogen) atoms. The van der Waals surface area contributed by atoms with E-state index < -0.39 is 5.41 Å². The number of aliphatic hydroxyl groups excluding tert-OH is 1. The molecule has 0 aromatic heterocycles. The van der Waals surface area contributed by atoms with Gasteiger partial charge in [-0.05, 0) is 31.0 Å². The number of carbonyl (C=O) groups excluding carboxylic acids is 1. The number of amides is 1. The molecule has 3 nitrogen and oxygen atoms in total. The molecule has 0 radical (unpaired) electrons. The third-order valence-corrected chi connectivity index (χ3v) is 3.11. The van der Waals surface area contributed by atoms with Crippen LogP contribution in [0.5, 0.6) is 0 Å². The Bertz CT molecular complexity index is 415. The van der Waals surface area contributed by atoms with Crippen molar-refractivity contribution in [1.29, 1.82) is 0 Å². The van der Waals surface area contributed by atoms with Gasteiger partial charge in [-0.2, -0.15) is 0 Å². The number of halogens is 1. The molecule has 1 aromatic rings. The lowest BCUT2D eigenvalue weighted by Gasteiger charge is -2.22. The standard InChI is InChI=1S/C12H14FNO2/c1-14(10-4-2-3-9(13)7-10)11(16)12(8-15)5-6-12/h2-4,7,15H,5-6,8H2,1H3. The third kappa shape index (κ3) is 1.80. The Labute approximate surface area is 93.5 Å². The molecule has 4 heteroatoms. The molecule has 0 atom stereocenters. The number of rotatable bonds is 3. The number of carbonyl (C=O) groups is 1. The predicted molar refractivity (Wildman–Crippen MR) is 58.6 cm³/mol. The summed E-state index contributed by atoms with van der Waals surface area (Å²) < 4.78 is 13.0. The average Bonchev–Trinajstić information content (AvgIpc) is 3.08. The molecule has 86 valence electrons. The van der Waals surface area contributed by atoms with Gasteiger partial charge < -0.3 is 10.0 Å². The van der Waals surface area contributed by atoms with E-state index in [1.165, 1.54) is 17.0 Å². The minimum Gasteiger partial charge on any atom is -0.395 e. The minimum atomic E-state index is -0.610. The van der Waals surface area contributed by atoms with Crippen molar-refractivity contribution in [3.8, 4) is 0 Å². The fraction of sp³-hybridized carbons (Fsp3) is 0.417. The van der Waals surface area contributed by atoms with Crippen molar-refractivity contribution in [3.63, 3.8) is 0 Å². The maximum absolute atomic E-state index is 13.0. The molecule has 1 saturated carbocycles. The van der Waals surface area contributed by atoms with E-state index in [1.54, 1.807) is 19.2 Å². The highest BCUT2D eigenvalue weighted by Gasteiger charge is 2.50. The molecular weight excluding hydrogens is 209 g/mol. The van der Waals surface area contributed by atoms with Crippen molar-refractivity contribution >= 4 is 11.6 Å². The molecule has 0 spiro atoms. The largest absolute Gasteiger partial charge is 0.395 e. The molecule has 0 unspecified atom stereocenters. The molecule has 1 aliphatic rings. The Balaban J connectivity index is 2.19. The molecule has 1 fully saturated rings. The number of aliphatic hydroxyl groups is 1. The smallest absolute Gasteiger partial charge is 0.235 e. The Kier molecular flexibility index (Phi) is 2.68. The van der Waals surface area contributed by atoms with Gasteiger partial charge in [0.15, 0.2) is 0 Å². The summed E-state index contributed by atoms with van der Waals surface area (Å²) in [5.74, 6) is -0.508. The third-order valence-electron chi connectivity index (χ3n) is 3.11. The Morgan fingerprint density at radius 3 is 2.75 bits per heavy atom. The van der Waals surface area contributed by atoms with Crippen LogP contribution in [0.2, 0.25) is 0 Å². The van der Waals surface area contributed by atoms with Crippen LogP contribution in [0.1, 0.15) is 12.8 Å². The molecular formula is C12H14FNO2. The topological polar surface area (TPSA) is 40.5 Å². The first-order chi connectivity index (χ1) is 7.59. The summed E-state index contributed by atoms with van der Waals surface area (Å²) in [5.41, 5.74) is -0.0918. The van der Waals surface area contributed by atoms with Crippen LogP contribution in [0.4, 0.5) is 10.1 Å². The second-order valence-electron chi connectivity index (χ2n) is 4.28. The van der Waals surface area contributed by atoms with Crippen molar-refractivity contribution in [1.82, 2.24) is 0 Å². The molecule has 0 saturated heterocycles. The number of hydrogen-bond acceptors (Lipinski definition) is 2. The maximum Gasteiger partial charge on any atom is 0.235 e. The van der Waals surface area contributed by atoms with Gasteiger partial charge >= 0.3 is 0 Å². The normalized spacial score (nSPS) is 16.9. The average molecular weight is 223 g/mol. The van der Waals surface area contributed by atoms with Crippen LogP contribution in [0.3, 0.4) is 0 Å².